The number of halogens is 1. The number of nitrogens with zero attached hydrogens (tertiary/aromatic N) is 1. The minimum absolute atomic E-state index is 0.0140. The van der Waals surface area contributed by atoms with E-state index >= 15 is 0 Å². The van der Waals surface area contributed by atoms with Gasteiger partial charge in [0.05, 0.1) is 29.0 Å². The van der Waals surface area contributed by atoms with Crippen molar-refractivity contribution in [2.45, 2.75) is 90.0 Å². The van der Waals surface area contributed by atoms with Crippen LogP contribution >= 0.6 is 15.9 Å². The molecule has 10 heteroatoms. The highest BCUT2D eigenvalue weighted by Crippen LogP contribution is 2.41. The first-order valence-corrected chi connectivity index (χ1v) is 18.2. The minimum Gasteiger partial charge on any atom is -0.415 e. The highest BCUT2D eigenvalue weighted by molar-refractivity contribution is 9.09. The number of hydrogen-bond acceptors (Lipinski definition) is 5. The number of nitro benzene ring substituents is 1. The lowest BCUT2D eigenvalue weighted by Gasteiger charge is -2.43. The number of benzene rings is 1. The monoisotopic (exact) mass is 560 g/mol. The van der Waals surface area contributed by atoms with Crippen molar-refractivity contribution in [1.29, 1.82) is 0 Å². The molecule has 0 heterocycles. The Bertz CT molecular complexity index is 818. The van der Waals surface area contributed by atoms with Crippen LogP contribution < -0.4 is 5.32 Å². The molecule has 0 aliphatic carbocycles. The summed E-state index contributed by atoms with van der Waals surface area (Å²) in [6.07, 6.45) is -0.500. The molecule has 0 saturated heterocycles. The zero-order valence-electron chi connectivity index (χ0n) is 21.7. The van der Waals surface area contributed by atoms with Crippen molar-refractivity contribution in [1.82, 2.24) is 5.32 Å². The normalized spacial score (nSPS) is 15.1. The summed E-state index contributed by atoms with van der Waals surface area (Å²) in [5.41, 5.74) is 0.799. The first kappa shape index (κ1) is 30.0. The molecule has 188 valence electrons. The van der Waals surface area contributed by atoms with E-state index in [4.69, 9.17) is 8.85 Å². The SMILES string of the molecule is CC(C)(C)[Si](C)(C)OC[C@@H](NC(=O)CBr)[C@H](O[Si](C)(C)C(C)(C)C)c1ccc([N+](=O)[O-])cc1. The summed E-state index contributed by atoms with van der Waals surface area (Å²) in [6, 6.07) is 5.95. The predicted molar refractivity (Wildman–Crippen MR) is 143 cm³/mol. The molecule has 0 fully saturated rings. The lowest BCUT2D eigenvalue weighted by atomic mass is 10.0. The van der Waals surface area contributed by atoms with Gasteiger partial charge in [-0.25, -0.2) is 0 Å². The number of nitrogens with one attached hydrogen (secondary N) is 1. The van der Waals surface area contributed by atoms with E-state index in [1.165, 1.54) is 12.1 Å². The maximum absolute atomic E-state index is 12.4. The summed E-state index contributed by atoms with van der Waals surface area (Å²) in [6.45, 7) is 21.9. The number of non-ortho nitro benzene ring substituents is 1. The van der Waals surface area contributed by atoms with Gasteiger partial charge in [-0.05, 0) is 54.0 Å². The second kappa shape index (κ2) is 11.1. The van der Waals surface area contributed by atoms with Crippen LogP contribution in [0.25, 0.3) is 0 Å². The molecule has 1 amide bonds. The van der Waals surface area contributed by atoms with Gasteiger partial charge in [0.25, 0.3) is 5.69 Å². The van der Waals surface area contributed by atoms with Gasteiger partial charge in [0, 0.05) is 12.1 Å². The van der Waals surface area contributed by atoms with Crippen molar-refractivity contribution in [3.8, 4) is 0 Å². The zero-order chi connectivity index (χ0) is 25.8. The third-order valence-electron chi connectivity index (χ3n) is 6.92. The quantitative estimate of drug-likeness (QED) is 0.151. The number of amides is 1. The third kappa shape index (κ3) is 8.27. The number of hydrogen-bond donors (Lipinski definition) is 1. The smallest absolute Gasteiger partial charge is 0.269 e. The summed E-state index contributed by atoms with van der Waals surface area (Å²) in [4.78, 5) is 23.2. The van der Waals surface area contributed by atoms with E-state index in [0.717, 1.165) is 5.56 Å². The molecule has 0 radical (unpaired) electrons. The van der Waals surface area contributed by atoms with E-state index in [9.17, 15) is 14.9 Å². The number of alkyl halides is 1. The standard InChI is InChI=1S/C23H41BrN2O5Si2/c1-22(2,3)32(7,8)30-16-19(25-20(27)15-24)21(31-33(9,10)23(4,5)6)17-11-13-18(14-12-17)26(28)29/h11-14,19,21H,15-16H2,1-10H3,(H,25,27)/t19-,21-/m1/s1. The highest BCUT2D eigenvalue weighted by Gasteiger charge is 2.43. The van der Waals surface area contributed by atoms with Crippen LogP contribution in [0.4, 0.5) is 5.69 Å². The minimum atomic E-state index is -2.26. The average molecular weight is 562 g/mol. The number of carbonyl (C=O) groups is 1. The molecule has 1 N–H and O–H groups in total. The third-order valence-corrected chi connectivity index (χ3v) is 16.4. The summed E-state index contributed by atoms with van der Waals surface area (Å²) in [5, 5.41) is 14.4. The molecule has 1 aromatic rings. The first-order chi connectivity index (χ1) is 14.8. The first-order valence-electron chi connectivity index (χ1n) is 11.2. The van der Waals surface area contributed by atoms with Gasteiger partial charge in [-0.3, -0.25) is 14.9 Å². The molecule has 0 unspecified atom stereocenters. The maximum Gasteiger partial charge on any atom is 0.269 e. The fourth-order valence-corrected chi connectivity index (χ4v) is 5.11. The summed E-state index contributed by atoms with van der Waals surface area (Å²) < 4.78 is 13.3. The molecule has 0 spiro atoms. The Morgan fingerprint density at radius 2 is 1.52 bits per heavy atom. The van der Waals surface area contributed by atoms with Crippen molar-refractivity contribution in [2.75, 3.05) is 11.9 Å². The lowest BCUT2D eigenvalue weighted by Crippen LogP contribution is -2.52. The predicted octanol–water partition coefficient (Wildman–Crippen LogP) is 6.56. The van der Waals surface area contributed by atoms with Gasteiger partial charge in [0.15, 0.2) is 16.6 Å². The zero-order valence-corrected chi connectivity index (χ0v) is 25.3. The van der Waals surface area contributed by atoms with E-state index in [0.29, 0.717) is 6.61 Å². The van der Waals surface area contributed by atoms with Crippen LogP contribution in [0, 0.1) is 10.1 Å². The van der Waals surface area contributed by atoms with Crippen molar-refractivity contribution >= 4 is 44.2 Å². The van der Waals surface area contributed by atoms with Crippen LogP contribution in [-0.2, 0) is 13.6 Å². The molecule has 7 nitrogen and oxygen atoms in total. The lowest BCUT2D eigenvalue weighted by molar-refractivity contribution is -0.384. The number of nitro groups is 1. The summed E-state index contributed by atoms with van der Waals surface area (Å²) >= 11 is 3.24. The van der Waals surface area contributed by atoms with Gasteiger partial charge >= 0.3 is 0 Å². The van der Waals surface area contributed by atoms with Crippen molar-refractivity contribution < 1.29 is 18.6 Å². The Hall–Kier alpha value is -1.08. The molecule has 0 aromatic heterocycles. The van der Waals surface area contributed by atoms with E-state index in [2.05, 4.69) is 89.0 Å². The molecule has 0 saturated carbocycles. The Labute approximate surface area is 209 Å². The molecule has 0 aliphatic rings. The number of carbonyl (C=O) groups excluding carboxylic acids is 1. The highest BCUT2D eigenvalue weighted by atomic mass is 79.9. The second-order valence-corrected chi connectivity index (χ2v) is 21.7. The fraction of sp³-hybridized carbons (Fsp3) is 0.696. The van der Waals surface area contributed by atoms with Crippen LogP contribution in [0.2, 0.25) is 36.3 Å². The Morgan fingerprint density at radius 3 is 1.91 bits per heavy atom. The summed E-state index contributed by atoms with van der Waals surface area (Å²) in [5.74, 6) is -0.162. The van der Waals surface area contributed by atoms with E-state index in [-0.39, 0.29) is 27.0 Å². The van der Waals surface area contributed by atoms with Crippen LogP contribution in [0.3, 0.4) is 0 Å². The van der Waals surface area contributed by atoms with Gasteiger partial charge in [-0.1, -0.05) is 57.5 Å². The van der Waals surface area contributed by atoms with Gasteiger partial charge in [-0.15, -0.1) is 0 Å². The average Bonchev–Trinajstić information content (AvgIpc) is 2.67. The summed E-state index contributed by atoms with van der Waals surface area (Å²) in [7, 11) is -4.35. The van der Waals surface area contributed by atoms with E-state index in [1.54, 1.807) is 12.1 Å². The Balaban J connectivity index is 3.46. The fourth-order valence-electron chi connectivity index (χ4n) is 2.63. The Morgan fingerprint density at radius 1 is 1.03 bits per heavy atom. The maximum atomic E-state index is 12.4. The van der Waals surface area contributed by atoms with Crippen molar-refractivity contribution in [3.05, 3.63) is 39.9 Å². The van der Waals surface area contributed by atoms with Gasteiger partial charge in [0.1, 0.15) is 0 Å². The molecular formula is C23H41BrN2O5Si2. The van der Waals surface area contributed by atoms with Gasteiger partial charge < -0.3 is 14.2 Å². The van der Waals surface area contributed by atoms with Crippen LogP contribution in [-0.4, -0.2) is 45.4 Å². The van der Waals surface area contributed by atoms with Crippen LogP contribution in [0.15, 0.2) is 24.3 Å². The molecular weight excluding hydrogens is 520 g/mol. The topological polar surface area (TPSA) is 90.7 Å². The van der Waals surface area contributed by atoms with E-state index in [1.807, 2.05) is 0 Å². The molecule has 0 aliphatic heterocycles. The molecule has 33 heavy (non-hydrogen) atoms. The molecule has 1 rings (SSSR count). The second-order valence-electron chi connectivity index (χ2n) is 11.5. The number of rotatable bonds is 10. The molecule has 2 atom stereocenters. The van der Waals surface area contributed by atoms with Crippen molar-refractivity contribution in [3.63, 3.8) is 0 Å². The Kier molecular flexibility index (Phi) is 10.1. The van der Waals surface area contributed by atoms with Gasteiger partial charge in [0.2, 0.25) is 5.91 Å². The van der Waals surface area contributed by atoms with Gasteiger partial charge in [-0.2, -0.15) is 0 Å². The van der Waals surface area contributed by atoms with Crippen molar-refractivity contribution in [2.24, 2.45) is 0 Å². The molecule has 0 bridgehead atoms. The van der Waals surface area contributed by atoms with Crippen LogP contribution in [0.1, 0.15) is 53.2 Å². The van der Waals surface area contributed by atoms with Crippen LogP contribution in [0.5, 0.6) is 0 Å². The largest absolute Gasteiger partial charge is 0.415 e. The van der Waals surface area contributed by atoms with E-state index < -0.39 is 33.7 Å². The molecule has 1 aromatic carbocycles.